The zero-order valence-corrected chi connectivity index (χ0v) is 17.7. The van der Waals surface area contributed by atoms with Crippen LogP contribution in [-0.4, -0.2) is 69.1 Å². The first-order valence-electron chi connectivity index (χ1n) is 9.98. The molecule has 0 unspecified atom stereocenters. The van der Waals surface area contributed by atoms with Crippen molar-refractivity contribution in [2.45, 2.75) is 12.8 Å². The van der Waals surface area contributed by atoms with E-state index in [0.717, 1.165) is 5.56 Å². The Morgan fingerprint density at radius 2 is 1.40 bits per heavy atom. The maximum Gasteiger partial charge on any atom is 0.253 e. The van der Waals surface area contributed by atoms with Crippen molar-refractivity contribution in [3.8, 4) is 17.2 Å². The number of carbonyl (C=O) groups excluding carboxylic acids is 2. The Labute approximate surface area is 177 Å². The van der Waals surface area contributed by atoms with Gasteiger partial charge in [-0.15, -0.1) is 0 Å². The molecule has 1 aliphatic rings. The summed E-state index contributed by atoms with van der Waals surface area (Å²) in [5, 5.41) is 0. The second kappa shape index (κ2) is 10.0. The van der Waals surface area contributed by atoms with Crippen LogP contribution in [0.15, 0.2) is 42.5 Å². The van der Waals surface area contributed by atoms with Crippen molar-refractivity contribution in [1.29, 1.82) is 0 Å². The normalized spacial score (nSPS) is 13.7. The number of piperazine rings is 1. The van der Waals surface area contributed by atoms with Crippen molar-refractivity contribution in [2.24, 2.45) is 0 Å². The number of amides is 2. The minimum Gasteiger partial charge on any atom is -0.493 e. The summed E-state index contributed by atoms with van der Waals surface area (Å²) in [5.41, 5.74) is 1.62. The number of hydrogen-bond acceptors (Lipinski definition) is 5. The summed E-state index contributed by atoms with van der Waals surface area (Å²) in [4.78, 5) is 28.9. The molecule has 0 atom stereocenters. The van der Waals surface area contributed by atoms with Gasteiger partial charge in [0.25, 0.3) is 5.91 Å². The first-order valence-corrected chi connectivity index (χ1v) is 9.98. The van der Waals surface area contributed by atoms with Crippen LogP contribution in [0.3, 0.4) is 0 Å². The summed E-state index contributed by atoms with van der Waals surface area (Å²) in [6.07, 6.45) is 0.948. The first kappa shape index (κ1) is 21.5. The monoisotopic (exact) mass is 412 g/mol. The van der Waals surface area contributed by atoms with E-state index in [-0.39, 0.29) is 11.8 Å². The van der Waals surface area contributed by atoms with Crippen LogP contribution in [0.25, 0.3) is 0 Å². The molecule has 2 amide bonds. The Morgan fingerprint density at radius 1 is 0.833 bits per heavy atom. The van der Waals surface area contributed by atoms with Crippen LogP contribution in [0.1, 0.15) is 22.3 Å². The molecular weight excluding hydrogens is 384 g/mol. The highest BCUT2D eigenvalue weighted by atomic mass is 16.5. The van der Waals surface area contributed by atoms with Gasteiger partial charge in [0, 0.05) is 38.2 Å². The Balaban J connectivity index is 1.55. The lowest BCUT2D eigenvalue weighted by Gasteiger charge is -2.35. The molecular formula is C23H28N2O5. The van der Waals surface area contributed by atoms with Gasteiger partial charge in [0.1, 0.15) is 0 Å². The summed E-state index contributed by atoms with van der Waals surface area (Å²) in [6, 6.07) is 13.0. The maximum atomic E-state index is 12.7. The van der Waals surface area contributed by atoms with Gasteiger partial charge >= 0.3 is 0 Å². The van der Waals surface area contributed by atoms with Crippen LogP contribution in [-0.2, 0) is 11.2 Å². The SMILES string of the molecule is COc1cc(CCC(=O)N2CCN(C(=O)c3ccccc3)CC2)cc(OC)c1OC. The number of carbonyl (C=O) groups is 2. The Hall–Kier alpha value is -3.22. The Kier molecular flexibility index (Phi) is 7.17. The second-order valence-electron chi connectivity index (χ2n) is 7.07. The molecule has 7 nitrogen and oxygen atoms in total. The maximum absolute atomic E-state index is 12.7. The minimum absolute atomic E-state index is 0.0140. The van der Waals surface area contributed by atoms with Crippen molar-refractivity contribution < 1.29 is 23.8 Å². The fraction of sp³-hybridized carbons (Fsp3) is 0.391. The van der Waals surface area contributed by atoms with Crippen LogP contribution in [0.5, 0.6) is 17.2 Å². The lowest BCUT2D eigenvalue weighted by molar-refractivity contribution is -0.132. The predicted octanol–water partition coefficient (Wildman–Crippen LogP) is 2.63. The average molecular weight is 412 g/mol. The van der Waals surface area contributed by atoms with Gasteiger partial charge in [0.2, 0.25) is 11.7 Å². The number of aryl methyl sites for hydroxylation is 1. The number of rotatable bonds is 7. The molecule has 2 aromatic carbocycles. The molecule has 1 heterocycles. The van der Waals surface area contributed by atoms with E-state index in [0.29, 0.717) is 61.8 Å². The topological polar surface area (TPSA) is 68.3 Å². The molecule has 0 bridgehead atoms. The van der Waals surface area contributed by atoms with Gasteiger partial charge in [0.05, 0.1) is 21.3 Å². The average Bonchev–Trinajstić information content (AvgIpc) is 2.81. The lowest BCUT2D eigenvalue weighted by Crippen LogP contribution is -2.50. The highest BCUT2D eigenvalue weighted by Gasteiger charge is 2.24. The zero-order valence-electron chi connectivity index (χ0n) is 17.7. The molecule has 160 valence electrons. The van der Waals surface area contributed by atoms with Gasteiger partial charge in [0.15, 0.2) is 11.5 Å². The van der Waals surface area contributed by atoms with Gasteiger partial charge in [-0.2, -0.15) is 0 Å². The van der Waals surface area contributed by atoms with Crippen molar-refractivity contribution in [3.05, 3.63) is 53.6 Å². The highest BCUT2D eigenvalue weighted by Crippen LogP contribution is 2.38. The predicted molar refractivity (Wildman–Crippen MR) is 113 cm³/mol. The van der Waals surface area contributed by atoms with Crippen molar-refractivity contribution in [2.75, 3.05) is 47.5 Å². The third kappa shape index (κ3) is 4.84. The molecule has 1 aliphatic heterocycles. The third-order valence-corrected chi connectivity index (χ3v) is 5.29. The summed E-state index contributed by atoms with van der Waals surface area (Å²) in [7, 11) is 4.71. The van der Waals surface area contributed by atoms with E-state index < -0.39 is 0 Å². The van der Waals surface area contributed by atoms with Gasteiger partial charge < -0.3 is 24.0 Å². The number of methoxy groups -OCH3 is 3. The molecule has 1 fully saturated rings. The van der Waals surface area contributed by atoms with Crippen molar-refractivity contribution in [3.63, 3.8) is 0 Å². The lowest BCUT2D eigenvalue weighted by atomic mass is 10.1. The van der Waals surface area contributed by atoms with E-state index in [1.807, 2.05) is 47.4 Å². The van der Waals surface area contributed by atoms with Gasteiger partial charge in [-0.05, 0) is 36.2 Å². The molecule has 0 aliphatic carbocycles. The summed E-state index contributed by atoms with van der Waals surface area (Å²) in [5.74, 6) is 1.78. The zero-order chi connectivity index (χ0) is 21.5. The van der Waals surface area contributed by atoms with Gasteiger partial charge in [-0.3, -0.25) is 9.59 Å². The number of nitrogens with zero attached hydrogens (tertiary/aromatic N) is 2. The van der Waals surface area contributed by atoms with Crippen LogP contribution >= 0.6 is 0 Å². The van der Waals surface area contributed by atoms with E-state index in [4.69, 9.17) is 14.2 Å². The molecule has 3 rings (SSSR count). The smallest absolute Gasteiger partial charge is 0.253 e. The highest BCUT2D eigenvalue weighted by molar-refractivity contribution is 5.94. The summed E-state index contributed by atoms with van der Waals surface area (Å²) >= 11 is 0. The Morgan fingerprint density at radius 3 is 1.93 bits per heavy atom. The summed E-state index contributed by atoms with van der Waals surface area (Å²) < 4.78 is 16.1. The van der Waals surface area contributed by atoms with E-state index in [1.165, 1.54) is 0 Å². The molecule has 0 spiro atoms. The van der Waals surface area contributed by atoms with Crippen LogP contribution in [0.4, 0.5) is 0 Å². The van der Waals surface area contributed by atoms with E-state index in [9.17, 15) is 9.59 Å². The van der Waals surface area contributed by atoms with Crippen molar-refractivity contribution >= 4 is 11.8 Å². The van der Waals surface area contributed by atoms with E-state index in [2.05, 4.69) is 0 Å². The molecule has 1 saturated heterocycles. The number of hydrogen-bond donors (Lipinski definition) is 0. The van der Waals surface area contributed by atoms with Crippen molar-refractivity contribution in [1.82, 2.24) is 9.80 Å². The second-order valence-corrected chi connectivity index (χ2v) is 7.07. The first-order chi connectivity index (χ1) is 14.6. The number of ether oxygens (including phenoxy) is 3. The van der Waals surface area contributed by atoms with Crippen LogP contribution in [0.2, 0.25) is 0 Å². The molecule has 0 N–H and O–H groups in total. The van der Waals surface area contributed by atoms with Crippen LogP contribution < -0.4 is 14.2 Å². The van der Waals surface area contributed by atoms with Crippen LogP contribution in [0, 0.1) is 0 Å². The standard InChI is InChI=1S/C23H28N2O5/c1-28-19-15-17(16-20(29-2)22(19)30-3)9-10-21(26)24-11-13-25(14-12-24)23(27)18-7-5-4-6-8-18/h4-8,15-16H,9-14H2,1-3H3. The largest absolute Gasteiger partial charge is 0.493 e. The Bertz CT molecular complexity index is 851. The fourth-order valence-electron chi connectivity index (χ4n) is 3.61. The molecule has 30 heavy (non-hydrogen) atoms. The molecule has 0 aromatic heterocycles. The van der Waals surface area contributed by atoms with Gasteiger partial charge in [-0.1, -0.05) is 18.2 Å². The molecule has 2 aromatic rings. The number of benzene rings is 2. The molecule has 7 heteroatoms. The van der Waals surface area contributed by atoms with E-state index >= 15 is 0 Å². The minimum atomic E-state index is 0.0140. The van der Waals surface area contributed by atoms with E-state index in [1.54, 1.807) is 26.2 Å². The molecule has 0 saturated carbocycles. The molecule has 0 radical (unpaired) electrons. The quantitative estimate of drug-likeness (QED) is 0.699. The summed E-state index contributed by atoms with van der Waals surface area (Å²) in [6.45, 7) is 2.19. The fourth-order valence-corrected chi connectivity index (χ4v) is 3.61. The third-order valence-electron chi connectivity index (χ3n) is 5.29. The van der Waals surface area contributed by atoms with Gasteiger partial charge in [-0.25, -0.2) is 0 Å².